The van der Waals surface area contributed by atoms with Gasteiger partial charge >= 0.3 is 0 Å². The monoisotopic (exact) mass is 603 g/mol. The quantitative estimate of drug-likeness (QED) is 0.317. The fourth-order valence-corrected chi connectivity index (χ4v) is 7.20. The highest BCUT2D eigenvalue weighted by Gasteiger charge is 2.24. The molecule has 2 N–H and O–H groups in total. The van der Waals surface area contributed by atoms with Gasteiger partial charge in [-0.25, -0.2) is 16.8 Å². The lowest BCUT2D eigenvalue weighted by Gasteiger charge is -2.22. The number of nitrogens with one attached hydrogen (secondary N) is 2. The summed E-state index contributed by atoms with van der Waals surface area (Å²) in [5.41, 5.74) is 1.69. The minimum Gasteiger partial charge on any atom is -0.495 e. The number of benzene rings is 3. The van der Waals surface area contributed by atoms with E-state index in [0.717, 1.165) is 31.2 Å². The molecular weight excluding hydrogens is 571 g/mol. The zero-order valence-electron chi connectivity index (χ0n) is 22.6. The lowest BCUT2D eigenvalue weighted by molar-refractivity contribution is 0.0758. The van der Waals surface area contributed by atoms with Gasteiger partial charge in [-0.05, 0) is 86.2 Å². The molecule has 12 heteroatoms. The Hall–Kier alpha value is -3.22. The zero-order chi connectivity index (χ0) is 28.9. The number of anilines is 2. The van der Waals surface area contributed by atoms with E-state index in [-0.39, 0.29) is 21.4 Å². The summed E-state index contributed by atoms with van der Waals surface area (Å²) in [6.45, 7) is 3.14. The van der Waals surface area contributed by atoms with Gasteiger partial charge < -0.3 is 9.64 Å². The second kappa shape index (κ2) is 12.5. The summed E-state index contributed by atoms with van der Waals surface area (Å²) in [6, 6.07) is 15.0. The molecule has 1 amide bonds. The molecule has 9 nitrogen and oxygen atoms in total. The second-order valence-electron chi connectivity index (χ2n) is 9.51. The van der Waals surface area contributed by atoms with Crippen LogP contribution in [0.2, 0.25) is 0 Å². The lowest BCUT2D eigenvalue weighted by atomic mass is 10.2. The first-order valence-electron chi connectivity index (χ1n) is 12.8. The average molecular weight is 604 g/mol. The van der Waals surface area contributed by atoms with E-state index in [0.29, 0.717) is 35.0 Å². The first kappa shape index (κ1) is 29.8. The van der Waals surface area contributed by atoms with Crippen molar-refractivity contribution in [2.24, 2.45) is 0 Å². The van der Waals surface area contributed by atoms with Crippen molar-refractivity contribution in [2.75, 3.05) is 35.9 Å². The molecule has 1 fully saturated rings. The number of rotatable bonds is 9. The van der Waals surface area contributed by atoms with Crippen LogP contribution in [-0.2, 0) is 20.0 Å². The Kier molecular flexibility index (Phi) is 9.32. The number of carbonyl (C=O) groups is 1. The first-order valence-corrected chi connectivity index (χ1v) is 17.0. The molecule has 1 heterocycles. The van der Waals surface area contributed by atoms with Crippen molar-refractivity contribution in [3.05, 3.63) is 71.8 Å². The number of amides is 1. The molecule has 1 aliphatic rings. The van der Waals surface area contributed by atoms with E-state index < -0.39 is 20.0 Å². The Morgan fingerprint density at radius 2 is 1.45 bits per heavy atom. The highest BCUT2D eigenvalue weighted by molar-refractivity contribution is 7.98. The van der Waals surface area contributed by atoms with Gasteiger partial charge in [-0.3, -0.25) is 14.2 Å². The molecule has 0 spiro atoms. The van der Waals surface area contributed by atoms with Crippen molar-refractivity contribution in [2.45, 2.75) is 47.3 Å². The minimum absolute atomic E-state index is 0.0475. The molecule has 0 radical (unpaired) electrons. The van der Waals surface area contributed by atoms with Gasteiger partial charge in [0.05, 0.1) is 28.2 Å². The SMILES string of the molecule is COc1ccc(C)cc1NS(=O)(=O)c1ccc(NS(=O)(=O)c2ccc(SC)c(C(=O)N3CCCCCC3)c2)cc1. The number of hydrogen-bond donors (Lipinski definition) is 2. The molecule has 214 valence electrons. The molecule has 4 rings (SSSR count). The number of likely N-dealkylation sites (tertiary alicyclic amines) is 1. The largest absolute Gasteiger partial charge is 0.495 e. The van der Waals surface area contributed by atoms with Gasteiger partial charge in [0.15, 0.2) is 0 Å². The van der Waals surface area contributed by atoms with Gasteiger partial charge in [0.25, 0.3) is 26.0 Å². The third-order valence-electron chi connectivity index (χ3n) is 6.62. The predicted molar refractivity (Wildman–Crippen MR) is 158 cm³/mol. The summed E-state index contributed by atoms with van der Waals surface area (Å²) in [5, 5.41) is 0. The van der Waals surface area contributed by atoms with E-state index >= 15 is 0 Å². The van der Waals surface area contributed by atoms with Crippen molar-refractivity contribution in [1.82, 2.24) is 4.90 Å². The van der Waals surface area contributed by atoms with Crippen LogP contribution in [0.15, 0.2) is 75.4 Å². The van der Waals surface area contributed by atoms with Crippen LogP contribution in [0.5, 0.6) is 5.75 Å². The molecule has 0 bridgehead atoms. The number of hydrogen-bond acceptors (Lipinski definition) is 7. The van der Waals surface area contributed by atoms with Gasteiger partial charge in [-0.2, -0.15) is 0 Å². The van der Waals surface area contributed by atoms with Crippen LogP contribution in [0.1, 0.15) is 41.6 Å². The average Bonchev–Trinajstić information content (AvgIpc) is 3.22. The van der Waals surface area contributed by atoms with E-state index in [4.69, 9.17) is 4.74 Å². The topological polar surface area (TPSA) is 122 Å². The molecule has 0 aromatic heterocycles. The molecule has 3 aromatic rings. The van der Waals surface area contributed by atoms with E-state index in [2.05, 4.69) is 9.44 Å². The molecule has 1 aliphatic heterocycles. The van der Waals surface area contributed by atoms with E-state index in [9.17, 15) is 21.6 Å². The van der Waals surface area contributed by atoms with Crippen molar-refractivity contribution < 1.29 is 26.4 Å². The van der Waals surface area contributed by atoms with Crippen LogP contribution in [0.4, 0.5) is 11.4 Å². The van der Waals surface area contributed by atoms with Gasteiger partial charge in [0, 0.05) is 23.7 Å². The number of ether oxygens (including phenoxy) is 1. The van der Waals surface area contributed by atoms with Crippen LogP contribution in [-0.4, -0.2) is 54.1 Å². The lowest BCUT2D eigenvalue weighted by Crippen LogP contribution is -2.32. The van der Waals surface area contributed by atoms with Crippen LogP contribution in [0.25, 0.3) is 0 Å². The summed E-state index contributed by atoms with van der Waals surface area (Å²) >= 11 is 1.39. The number of aryl methyl sites for hydroxylation is 1. The summed E-state index contributed by atoms with van der Waals surface area (Å²) < 4.78 is 62.7. The third-order valence-corrected chi connectivity index (χ3v) is 10.2. The predicted octanol–water partition coefficient (Wildman–Crippen LogP) is 5.34. The van der Waals surface area contributed by atoms with Crippen LogP contribution < -0.4 is 14.2 Å². The highest BCUT2D eigenvalue weighted by atomic mass is 32.2. The van der Waals surface area contributed by atoms with E-state index in [1.54, 1.807) is 29.2 Å². The molecule has 0 aliphatic carbocycles. The zero-order valence-corrected chi connectivity index (χ0v) is 25.1. The maximum Gasteiger partial charge on any atom is 0.262 e. The summed E-state index contributed by atoms with van der Waals surface area (Å²) in [5.74, 6) is 0.204. The van der Waals surface area contributed by atoms with Crippen molar-refractivity contribution in [3.8, 4) is 5.75 Å². The standard InChI is InChI=1S/C28H33N3O6S3/c1-20-8-14-26(37-2)25(18-20)30-39(33,34)22-11-9-21(10-12-22)29-40(35,36)23-13-15-27(38-3)24(19-23)28(32)31-16-6-4-5-7-17-31/h8-15,18-19,29-30H,4-7,16-17H2,1-3H3. The Labute approximate surface area is 240 Å². The van der Waals surface area contributed by atoms with Gasteiger partial charge in [-0.15, -0.1) is 11.8 Å². The third kappa shape index (κ3) is 6.91. The first-order chi connectivity index (χ1) is 19.0. The Morgan fingerprint density at radius 1 is 0.825 bits per heavy atom. The fourth-order valence-electron chi connectivity index (χ4n) is 4.49. The number of nitrogens with zero attached hydrogens (tertiary/aromatic N) is 1. The van der Waals surface area contributed by atoms with Crippen molar-refractivity contribution in [1.29, 1.82) is 0 Å². The fraction of sp³-hybridized carbons (Fsp3) is 0.321. The number of thioether (sulfide) groups is 1. The molecule has 0 unspecified atom stereocenters. The Balaban J connectivity index is 1.54. The number of carbonyl (C=O) groups excluding carboxylic acids is 1. The highest BCUT2D eigenvalue weighted by Crippen LogP contribution is 2.29. The van der Waals surface area contributed by atoms with Crippen molar-refractivity contribution >= 4 is 49.1 Å². The number of sulfonamides is 2. The van der Waals surface area contributed by atoms with Gasteiger partial charge in [0.1, 0.15) is 5.75 Å². The Morgan fingerprint density at radius 3 is 2.08 bits per heavy atom. The molecule has 0 atom stereocenters. The number of methoxy groups -OCH3 is 1. The second-order valence-corrected chi connectivity index (χ2v) is 13.7. The molecular formula is C28H33N3O6S3. The van der Waals surface area contributed by atoms with Crippen LogP contribution >= 0.6 is 11.8 Å². The van der Waals surface area contributed by atoms with Gasteiger partial charge in [-0.1, -0.05) is 18.9 Å². The van der Waals surface area contributed by atoms with E-state index in [1.807, 2.05) is 13.2 Å². The molecule has 1 saturated heterocycles. The summed E-state index contributed by atoms with van der Waals surface area (Å²) in [6.07, 6.45) is 5.86. The summed E-state index contributed by atoms with van der Waals surface area (Å²) in [7, 11) is -6.57. The summed E-state index contributed by atoms with van der Waals surface area (Å²) in [4.78, 5) is 15.7. The van der Waals surface area contributed by atoms with Crippen LogP contribution in [0, 0.1) is 6.92 Å². The molecule has 0 saturated carbocycles. The Bertz CT molecular complexity index is 1580. The van der Waals surface area contributed by atoms with Crippen molar-refractivity contribution in [3.63, 3.8) is 0 Å². The normalized spacial score (nSPS) is 14.3. The molecule has 40 heavy (non-hydrogen) atoms. The van der Waals surface area contributed by atoms with E-state index in [1.165, 1.54) is 55.3 Å². The van der Waals surface area contributed by atoms with Gasteiger partial charge in [0.2, 0.25) is 0 Å². The molecule has 3 aromatic carbocycles. The minimum atomic E-state index is -4.05. The smallest absolute Gasteiger partial charge is 0.262 e. The van der Waals surface area contributed by atoms with Crippen LogP contribution in [0.3, 0.4) is 0 Å². The maximum atomic E-state index is 13.3. The maximum absolute atomic E-state index is 13.3.